The highest BCUT2D eigenvalue weighted by atomic mass is 16.5. The lowest BCUT2D eigenvalue weighted by Crippen LogP contribution is -2.35. The predicted octanol–water partition coefficient (Wildman–Crippen LogP) is 4.09. The van der Waals surface area contributed by atoms with Crippen LogP contribution >= 0.6 is 0 Å². The van der Waals surface area contributed by atoms with Gasteiger partial charge in [-0.05, 0) is 68.8 Å². The minimum absolute atomic E-state index is 0.0314. The maximum Gasteiger partial charge on any atom is 0.253 e. The van der Waals surface area contributed by atoms with Crippen LogP contribution in [0.4, 0.5) is 5.69 Å². The van der Waals surface area contributed by atoms with Crippen molar-refractivity contribution < 1.29 is 14.1 Å². The van der Waals surface area contributed by atoms with E-state index in [4.69, 9.17) is 14.5 Å². The molecule has 2 heterocycles. The summed E-state index contributed by atoms with van der Waals surface area (Å²) in [7, 11) is 0. The maximum absolute atomic E-state index is 13.0. The summed E-state index contributed by atoms with van der Waals surface area (Å²) in [5.74, 6) is 1.49. The molecule has 1 aliphatic heterocycles. The van der Waals surface area contributed by atoms with Gasteiger partial charge in [-0.3, -0.25) is 4.79 Å². The number of anilines is 1. The van der Waals surface area contributed by atoms with Gasteiger partial charge >= 0.3 is 0 Å². The maximum atomic E-state index is 13.0. The van der Waals surface area contributed by atoms with Crippen LogP contribution in [0, 0.1) is 25.2 Å². The highest BCUT2D eigenvalue weighted by Crippen LogP contribution is 2.21. The lowest BCUT2D eigenvalue weighted by Gasteiger charge is -2.24. The highest BCUT2D eigenvalue weighted by Gasteiger charge is 2.20. The zero-order valence-corrected chi connectivity index (χ0v) is 18.4. The smallest absolute Gasteiger partial charge is 0.253 e. The molecule has 0 unspecified atom stereocenters. The van der Waals surface area contributed by atoms with E-state index < -0.39 is 0 Å². The van der Waals surface area contributed by atoms with E-state index in [1.807, 2.05) is 67.3 Å². The fourth-order valence-corrected chi connectivity index (χ4v) is 3.87. The molecule has 3 aromatic rings. The van der Waals surface area contributed by atoms with Crippen LogP contribution in [0.3, 0.4) is 0 Å². The lowest BCUT2D eigenvalue weighted by atomic mass is 10.2. The number of nitrogens with zero attached hydrogens (tertiary/aromatic N) is 4. The molecule has 0 aliphatic carbocycles. The van der Waals surface area contributed by atoms with E-state index in [1.54, 1.807) is 0 Å². The molecule has 1 aromatic heterocycles. The molecule has 7 nitrogen and oxygen atoms in total. The van der Waals surface area contributed by atoms with E-state index in [2.05, 4.69) is 16.1 Å². The number of carbonyl (C=O) groups excluding carboxylic acids is 1. The standard InChI is InChI=1S/C25H26N4O3/c1-18-24(19(2)32-27-18)17-31-23-10-6-21(7-11-23)25(30)29-13-3-12-28(14-15-29)22-8-4-20(16-26)5-9-22/h4-11H,3,12-15,17H2,1-2H3. The summed E-state index contributed by atoms with van der Waals surface area (Å²) in [6.07, 6.45) is 0.893. The summed E-state index contributed by atoms with van der Waals surface area (Å²) in [6.45, 7) is 7.15. The van der Waals surface area contributed by atoms with Crippen LogP contribution in [-0.2, 0) is 6.61 Å². The number of hydrogen-bond acceptors (Lipinski definition) is 6. The van der Waals surface area contributed by atoms with Crippen LogP contribution in [0.1, 0.15) is 39.4 Å². The van der Waals surface area contributed by atoms with Gasteiger partial charge in [0, 0.05) is 37.4 Å². The van der Waals surface area contributed by atoms with Gasteiger partial charge < -0.3 is 19.1 Å². The molecule has 164 valence electrons. The third-order valence-electron chi connectivity index (χ3n) is 5.81. The van der Waals surface area contributed by atoms with Gasteiger partial charge in [-0.15, -0.1) is 0 Å². The van der Waals surface area contributed by atoms with Crippen LogP contribution in [0.25, 0.3) is 0 Å². The number of aromatic nitrogens is 1. The molecule has 1 fully saturated rings. The van der Waals surface area contributed by atoms with Crippen molar-refractivity contribution in [3.05, 3.63) is 76.7 Å². The van der Waals surface area contributed by atoms with Crippen molar-refractivity contribution in [2.75, 3.05) is 31.1 Å². The largest absolute Gasteiger partial charge is 0.489 e. The van der Waals surface area contributed by atoms with E-state index in [0.29, 0.717) is 30.0 Å². The number of rotatable bonds is 5. The Labute approximate surface area is 187 Å². The molecular formula is C25H26N4O3. The monoisotopic (exact) mass is 430 g/mol. The van der Waals surface area contributed by atoms with Gasteiger partial charge in [0.25, 0.3) is 5.91 Å². The average Bonchev–Trinajstić information content (AvgIpc) is 3.01. The lowest BCUT2D eigenvalue weighted by molar-refractivity contribution is 0.0767. The number of benzene rings is 2. The van der Waals surface area contributed by atoms with Crippen molar-refractivity contribution in [3.8, 4) is 11.8 Å². The topological polar surface area (TPSA) is 82.6 Å². The van der Waals surface area contributed by atoms with Gasteiger partial charge in [0.2, 0.25) is 0 Å². The quantitative estimate of drug-likeness (QED) is 0.606. The Morgan fingerprint density at radius 3 is 2.47 bits per heavy atom. The second-order valence-electron chi connectivity index (χ2n) is 7.91. The molecule has 0 saturated carbocycles. The Bertz CT molecular complexity index is 1090. The molecule has 1 saturated heterocycles. The van der Waals surface area contributed by atoms with E-state index in [9.17, 15) is 4.79 Å². The van der Waals surface area contributed by atoms with Crippen molar-refractivity contribution in [1.29, 1.82) is 5.26 Å². The number of nitriles is 1. The van der Waals surface area contributed by atoms with Crippen LogP contribution in [0.15, 0.2) is 53.1 Å². The van der Waals surface area contributed by atoms with Gasteiger partial charge in [-0.2, -0.15) is 5.26 Å². The molecule has 32 heavy (non-hydrogen) atoms. The summed E-state index contributed by atoms with van der Waals surface area (Å²) in [5.41, 5.74) is 4.16. The third kappa shape index (κ3) is 4.75. The van der Waals surface area contributed by atoms with Crippen LogP contribution in [0.5, 0.6) is 5.75 Å². The van der Waals surface area contributed by atoms with E-state index in [1.165, 1.54) is 0 Å². The molecule has 0 atom stereocenters. The summed E-state index contributed by atoms with van der Waals surface area (Å²) in [4.78, 5) is 17.2. The molecule has 7 heteroatoms. The van der Waals surface area contributed by atoms with Crippen LogP contribution in [-0.4, -0.2) is 42.1 Å². The Morgan fingerprint density at radius 2 is 1.81 bits per heavy atom. The van der Waals surface area contributed by atoms with Gasteiger partial charge in [0.05, 0.1) is 22.9 Å². The molecule has 0 bridgehead atoms. The van der Waals surface area contributed by atoms with E-state index >= 15 is 0 Å². The first kappa shape index (κ1) is 21.4. The first-order valence-corrected chi connectivity index (χ1v) is 10.7. The third-order valence-corrected chi connectivity index (χ3v) is 5.81. The fourth-order valence-electron chi connectivity index (χ4n) is 3.87. The van der Waals surface area contributed by atoms with Gasteiger partial charge in [0.15, 0.2) is 0 Å². The first-order valence-electron chi connectivity index (χ1n) is 10.7. The molecule has 0 spiro atoms. The van der Waals surface area contributed by atoms with Gasteiger partial charge in [-0.1, -0.05) is 5.16 Å². The summed E-state index contributed by atoms with van der Waals surface area (Å²) in [6, 6.07) is 17.0. The highest BCUT2D eigenvalue weighted by molar-refractivity contribution is 5.94. The summed E-state index contributed by atoms with van der Waals surface area (Å²) in [5, 5.41) is 12.9. The summed E-state index contributed by atoms with van der Waals surface area (Å²) >= 11 is 0. The predicted molar refractivity (Wildman–Crippen MR) is 121 cm³/mol. The SMILES string of the molecule is Cc1noc(C)c1COc1ccc(C(=O)N2CCCN(c3ccc(C#N)cc3)CC2)cc1. The molecule has 1 amide bonds. The van der Waals surface area contributed by atoms with Gasteiger partial charge in [-0.25, -0.2) is 0 Å². The summed E-state index contributed by atoms with van der Waals surface area (Å²) < 4.78 is 11.0. The Balaban J connectivity index is 1.35. The van der Waals surface area contributed by atoms with Crippen LogP contribution < -0.4 is 9.64 Å². The Morgan fingerprint density at radius 1 is 1.06 bits per heavy atom. The molecule has 1 aliphatic rings. The fraction of sp³-hybridized carbons (Fsp3) is 0.320. The molecule has 4 rings (SSSR count). The molecular weight excluding hydrogens is 404 g/mol. The van der Waals surface area contributed by atoms with Crippen molar-refractivity contribution in [1.82, 2.24) is 10.1 Å². The van der Waals surface area contributed by atoms with Crippen molar-refractivity contribution in [3.63, 3.8) is 0 Å². The van der Waals surface area contributed by atoms with Crippen molar-refractivity contribution in [2.24, 2.45) is 0 Å². The minimum atomic E-state index is 0.0314. The zero-order chi connectivity index (χ0) is 22.5. The second-order valence-corrected chi connectivity index (χ2v) is 7.91. The number of carbonyl (C=O) groups is 1. The number of ether oxygens (including phenoxy) is 1. The minimum Gasteiger partial charge on any atom is -0.489 e. The first-order chi connectivity index (χ1) is 15.5. The number of amides is 1. The van der Waals surface area contributed by atoms with Crippen molar-refractivity contribution >= 4 is 11.6 Å². The molecule has 0 N–H and O–H groups in total. The average molecular weight is 431 g/mol. The van der Waals surface area contributed by atoms with Crippen LogP contribution in [0.2, 0.25) is 0 Å². The van der Waals surface area contributed by atoms with Crippen molar-refractivity contribution in [2.45, 2.75) is 26.9 Å². The molecule has 0 radical (unpaired) electrons. The van der Waals surface area contributed by atoms with E-state index in [0.717, 1.165) is 48.8 Å². The number of hydrogen-bond donors (Lipinski definition) is 0. The van der Waals surface area contributed by atoms with E-state index in [-0.39, 0.29) is 5.91 Å². The normalized spacial score (nSPS) is 14.0. The zero-order valence-electron chi connectivity index (χ0n) is 18.4. The number of aryl methyl sites for hydroxylation is 2. The Hall–Kier alpha value is -3.79. The molecule has 2 aromatic carbocycles. The second kappa shape index (κ2) is 9.56. The Kier molecular flexibility index (Phi) is 6.41. The van der Waals surface area contributed by atoms with Gasteiger partial charge in [0.1, 0.15) is 18.1 Å².